The average molecular weight is 399 g/mol. The number of nitrogens with one attached hydrogen (secondary N) is 2. The Morgan fingerprint density at radius 3 is 1.73 bits per heavy atom. The molecule has 0 spiro atoms. The molecule has 0 saturated heterocycles. The molecule has 7 heteroatoms. The van der Waals surface area contributed by atoms with Crippen molar-refractivity contribution in [3.05, 3.63) is 90.0 Å². The lowest BCUT2D eigenvalue weighted by Crippen LogP contribution is -1.81. The number of aromatic amines is 2. The van der Waals surface area contributed by atoms with E-state index in [1.807, 2.05) is 12.1 Å². The number of fused-ring (bicyclic) bond motifs is 2. The minimum atomic E-state index is -0.303. The molecule has 0 fully saturated rings. The van der Waals surface area contributed by atoms with Crippen LogP contribution in [0, 0.1) is 11.6 Å². The molecule has 146 valence electrons. The predicted molar refractivity (Wildman–Crippen MR) is 115 cm³/mol. The molecule has 5 nitrogen and oxygen atoms in total. The molecule has 5 rings (SSSR count). The van der Waals surface area contributed by atoms with E-state index < -0.39 is 0 Å². The smallest absolute Gasteiger partial charge is 0.147 e. The van der Waals surface area contributed by atoms with Crippen LogP contribution in [0.1, 0.15) is 11.1 Å². The average Bonchev–Trinajstić information content (AvgIpc) is 3.37. The van der Waals surface area contributed by atoms with Crippen LogP contribution < -0.4 is 0 Å². The first kappa shape index (κ1) is 17.9. The zero-order valence-corrected chi connectivity index (χ0v) is 15.6. The lowest BCUT2D eigenvalue weighted by Gasteiger charge is -1.97. The van der Waals surface area contributed by atoms with Crippen molar-refractivity contribution in [3.8, 4) is 0 Å². The van der Waals surface area contributed by atoms with E-state index in [0.717, 1.165) is 21.9 Å². The maximum absolute atomic E-state index is 13.8. The van der Waals surface area contributed by atoms with E-state index in [1.54, 1.807) is 55.4 Å². The third-order valence-corrected chi connectivity index (χ3v) is 4.81. The van der Waals surface area contributed by atoms with E-state index in [2.05, 4.69) is 24.9 Å². The molecule has 0 radical (unpaired) electrons. The summed E-state index contributed by atoms with van der Waals surface area (Å²) in [6.45, 7) is 0. The van der Waals surface area contributed by atoms with E-state index in [1.165, 1.54) is 12.1 Å². The molecular formula is C23H15F2N5. The van der Waals surface area contributed by atoms with Crippen LogP contribution in [0.3, 0.4) is 0 Å². The fourth-order valence-electron chi connectivity index (χ4n) is 3.34. The van der Waals surface area contributed by atoms with Crippen molar-refractivity contribution in [3.63, 3.8) is 0 Å². The van der Waals surface area contributed by atoms with Crippen LogP contribution in [0.2, 0.25) is 0 Å². The molecule has 0 aliphatic carbocycles. The van der Waals surface area contributed by atoms with Gasteiger partial charge in [-0.25, -0.2) is 8.78 Å². The Morgan fingerprint density at radius 1 is 0.733 bits per heavy atom. The SMILES string of the molecule is Fc1cccc2c(C=Nc3cncc(N=Cc4c[nH]c5c(F)cccc45)c3)c[nH]c12. The minimum absolute atomic E-state index is 0.303. The van der Waals surface area contributed by atoms with Crippen molar-refractivity contribution in [2.75, 3.05) is 0 Å². The fourth-order valence-corrected chi connectivity index (χ4v) is 3.34. The van der Waals surface area contributed by atoms with Gasteiger partial charge in [0.25, 0.3) is 0 Å². The molecule has 2 aromatic carbocycles. The largest absolute Gasteiger partial charge is 0.358 e. The lowest BCUT2D eigenvalue weighted by molar-refractivity contribution is 0.637. The first-order chi connectivity index (χ1) is 14.7. The Kier molecular flexibility index (Phi) is 4.40. The predicted octanol–water partition coefficient (Wildman–Crippen LogP) is 5.82. The van der Waals surface area contributed by atoms with Crippen LogP contribution in [0.15, 0.2) is 77.2 Å². The Morgan fingerprint density at radius 2 is 1.23 bits per heavy atom. The number of hydrogen-bond donors (Lipinski definition) is 2. The number of pyridine rings is 1. The molecule has 0 bridgehead atoms. The quantitative estimate of drug-likeness (QED) is 0.367. The lowest BCUT2D eigenvalue weighted by atomic mass is 10.2. The summed E-state index contributed by atoms with van der Waals surface area (Å²) in [7, 11) is 0. The number of hydrogen-bond acceptors (Lipinski definition) is 3. The maximum atomic E-state index is 13.8. The number of H-pyrrole nitrogens is 2. The van der Waals surface area contributed by atoms with E-state index in [9.17, 15) is 8.78 Å². The maximum Gasteiger partial charge on any atom is 0.147 e. The third-order valence-electron chi connectivity index (χ3n) is 4.81. The topological polar surface area (TPSA) is 69.2 Å². The van der Waals surface area contributed by atoms with Crippen LogP contribution in [-0.4, -0.2) is 27.4 Å². The van der Waals surface area contributed by atoms with Gasteiger partial charge in [0.05, 0.1) is 34.8 Å². The fraction of sp³-hybridized carbons (Fsp3) is 0. The van der Waals surface area contributed by atoms with Gasteiger partial charge in [-0.05, 0) is 18.2 Å². The second kappa shape index (κ2) is 7.36. The van der Waals surface area contributed by atoms with Crippen molar-refractivity contribution in [2.45, 2.75) is 0 Å². The van der Waals surface area contributed by atoms with Gasteiger partial charge in [0.1, 0.15) is 11.6 Å². The number of nitrogens with zero attached hydrogens (tertiary/aromatic N) is 3. The van der Waals surface area contributed by atoms with E-state index in [0.29, 0.717) is 22.4 Å². The summed E-state index contributed by atoms with van der Waals surface area (Å²) in [4.78, 5) is 18.9. The highest BCUT2D eigenvalue weighted by Gasteiger charge is 2.06. The van der Waals surface area contributed by atoms with E-state index >= 15 is 0 Å². The summed E-state index contributed by atoms with van der Waals surface area (Å²) >= 11 is 0. The molecule has 2 N–H and O–H groups in total. The third kappa shape index (κ3) is 3.26. The van der Waals surface area contributed by atoms with Gasteiger partial charge in [-0.1, -0.05) is 24.3 Å². The molecule has 5 aromatic rings. The zero-order chi connectivity index (χ0) is 20.5. The Hall–Kier alpha value is -4.13. The molecule has 0 aliphatic rings. The van der Waals surface area contributed by atoms with Gasteiger partial charge in [0.2, 0.25) is 0 Å². The van der Waals surface area contributed by atoms with Gasteiger partial charge in [-0.3, -0.25) is 15.0 Å². The first-order valence-corrected chi connectivity index (χ1v) is 9.23. The standard InChI is InChI=1S/C23H15F2N5/c24-20-5-1-3-18-14(10-29-22(18)20)8-27-16-7-17(13-26-12-16)28-9-15-11-30-23-19(15)4-2-6-21(23)25/h1-13,29-30H. The monoisotopic (exact) mass is 399 g/mol. The summed E-state index contributed by atoms with van der Waals surface area (Å²) in [5.41, 5.74) is 3.68. The molecule has 0 amide bonds. The minimum Gasteiger partial charge on any atom is -0.358 e. The summed E-state index contributed by atoms with van der Waals surface area (Å²) in [5.74, 6) is -0.607. The van der Waals surface area contributed by atoms with Crippen LogP contribution in [0.25, 0.3) is 21.8 Å². The van der Waals surface area contributed by atoms with Crippen molar-refractivity contribution in [1.82, 2.24) is 15.0 Å². The van der Waals surface area contributed by atoms with E-state index in [4.69, 9.17) is 0 Å². The van der Waals surface area contributed by atoms with Crippen molar-refractivity contribution in [2.24, 2.45) is 9.98 Å². The summed E-state index contributed by atoms with van der Waals surface area (Å²) in [6.07, 6.45) is 9.97. The normalized spacial score (nSPS) is 12.1. The highest BCUT2D eigenvalue weighted by molar-refractivity contribution is 6.01. The van der Waals surface area contributed by atoms with Gasteiger partial charge in [-0.2, -0.15) is 0 Å². The van der Waals surface area contributed by atoms with E-state index in [-0.39, 0.29) is 11.6 Å². The van der Waals surface area contributed by atoms with Gasteiger partial charge in [0, 0.05) is 46.7 Å². The molecule has 0 unspecified atom stereocenters. The number of rotatable bonds is 4. The Balaban J connectivity index is 1.41. The van der Waals surface area contributed by atoms with Crippen LogP contribution >= 0.6 is 0 Å². The highest BCUT2D eigenvalue weighted by atomic mass is 19.1. The van der Waals surface area contributed by atoms with Crippen molar-refractivity contribution in [1.29, 1.82) is 0 Å². The van der Waals surface area contributed by atoms with Crippen LogP contribution in [0.4, 0.5) is 20.2 Å². The molecule has 0 aliphatic heterocycles. The number of para-hydroxylation sites is 2. The van der Waals surface area contributed by atoms with Gasteiger partial charge < -0.3 is 9.97 Å². The molecule has 3 aromatic heterocycles. The summed E-state index contributed by atoms with van der Waals surface area (Å²) in [6, 6.07) is 11.6. The van der Waals surface area contributed by atoms with Gasteiger partial charge in [0.15, 0.2) is 0 Å². The number of benzene rings is 2. The molecular weight excluding hydrogens is 384 g/mol. The molecule has 0 saturated carbocycles. The number of halogens is 2. The first-order valence-electron chi connectivity index (χ1n) is 9.23. The van der Waals surface area contributed by atoms with Crippen LogP contribution in [-0.2, 0) is 0 Å². The van der Waals surface area contributed by atoms with Gasteiger partial charge in [-0.15, -0.1) is 0 Å². The van der Waals surface area contributed by atoms with Gasteiger partial charge >= 0.3 is 0 Å². The zero-order valence-electron chi connectivity index (χ0n) is 15.6. The second-order valence-electron chi connectivity index (χ2n) is 6.73. The summed E-state index contributed by atoms with van der Waals surface area (Å²) < 4.78 is 27.6. The Labute approximate surface area is 169 Å². The second-order valence-corrected chi connectivity index (χ2v) is 6.73. The molecule has 0 atom stereocenters. The Bertz CT molecular complexity index is 1320. The molecule has 30 heavy (non-hydrogen) atoms. The highest BCUT2D eigenvalue weighted by Crippen LogP contribution is 2.23. The van der Waals surface area contributed by atoms with Crippen molar-refractivity contribution >= 4 is 45.6 Å². The van der Waals surface area contributed by atoms with Crippen LogP contribution in [0.5, 0.6) is 0 Å². The van der Waals surface area contributed by atoms with Crippen molar-refractivity contribution < 1.29 is 8.78 Å². The molecule has 3 heterocycles. The number of aliphatic imine (C=N–C) groups is 2. The summed E-state index contributed by atoms with van der Waals surface area (Å²) in [5, 5.41) is 1.51. The number of aromatic nitrogens is 3.